The minimum Gasteiger partial charge on any atom is -0.497 e. The predicted octanol–water partition coefficient (Wildman–Crippen LogP) is 3.50. The first-order valence-corrected chi connectivity index (χ1v) is 10.1. The largest absolute Gasteiger partial charge is 0.497 e. The number of amides is 1. The lowest BCUT2D eigenvalue weighted by Gasteiger charge is -2.16. The summed E-state index contributed by atoms with van der Waals surface area (Å²) < 4.78 is 5.18. The van der Waals surface area contributed by atoms with Crippen molar-refractivity contribution in [2.24, 2.45) is 5.92 Å². The van der Waals surface area contributed by atoms with Crippen molar-refractivity contribution in [3.05, 3.63) is 66.0 Å². The van der Waals surface area contributed by atoms with Crippen LogP contribution in [-0.4, -0.2) is 46.2 Å². The maximum atomic E-state index is 12.6. The Morgan fingerprint density at radius 1 is 1.17 bits per heavy atom. The van der Waals surface area contributed by atoms with Crippen LogP contribution in [-0.2, 0) is 17.6 Å². The molecule has 4 rings (SSSR count). The van der Waals surface area contributed by atoms with Gasteiger partial charge >= 0.3 is 0 Å². The van der Waals surface area contributed by atoms with Gasteiger partial charge in [0.25, 0.3) is 0 Å². The van der Waals surface area contributed by atoms with E-state index in [9.17, 15) is 4.79 Å². The summed E-state index contributed by atoms with van der Waals surface area (Å²) in [5.74, 6) is 3.11. The van der Waals surface area contributed by atoms with E-state index in [-0.39, 0.29) is 5.91 Å². The number of aromatic nitrogens is 3. The van der Waals surface area contributed by atoms with Gasteiger partial charge in [-0.3, -0.25) is 9.89 Å². The van der Waals surface area contributed by atoms with Crippen LogP contribution in [0.4, 0.5) is 0 Å². The Labute approximate surface area is 170 Å². The van der Waals surface area contributed by atoms with Gasteiger partial charge in [0.2, 0.25) is 5.91 Å². The van der Waals surface area contributed by atoms with Crippen LogP contribution >= 0.6 is 0 Å². The molecular formula is C23H26N4O2. The van der Waals surface area contributed by atoms with Crippen molar-refractivity contribution < 1.29 is 9.53 Å². The first kappa shape index (κ1) is 19.2. The average Bonchev–Trinajstić information content (AvgIpc) is 3.43. The molecule has 0 radical (unpaired) electrons. The molecule has 150 valence electrons. The van der Waals surface area contributed by atoms with Gasteiger partial charge in [0.05, 0.1) is 7.11 Å². The molecule has 6 nitrogen and oxygen atoms in total. The van der Waals surface area contributed by atoms with Gasteiger partial charge < -0.3 is 9.64 Å². The minimum absolute atomic E-state index is 0.228. The first-order chi connectivity index (χ1) is 14.2. The Balaban J connectivity index is 1.26. The minimum atomic E-state index is 0.228. The van der Waals surface area contributed by atoms with E-state index in [0.717, 1.165) is 60.9 Å². The molecule has 0 bridgehead atoms. The van der Waals surface area contributed by atoms with Crippen molar-refractivity contribution in [3.63, 3.8) is 0 Å². The fourth-order valence-corrected chi connectivity index (χ4v) is 3.80. The SMILES string of the molecule is COc1ccc(CCC(=O)N2CCC(Cc3nc(-c4ccccc4)n[nH]3)C2)cc1. The molecule has 3 aromatic rings. The summed E-state index contributed by atoms with van der Waals surface area (Å²) in [4.78, 5) is 19.2. The molecule has 1 amide bonds. The molecule has 2 heterocycles. The normalized spacial score (nSPS) is 16.2. The first-order valence-electron chi connectivity index (χ1n) is 10.1. The molecule has 1 fully saturated rings. The Morgan fingerprint density at radius 3 is 2.72 bits per heavy atom. The molecule has 2 aromatic carbocycles. The van der Waals surface area contributed by atoms with E-state index in [1.54, 1.807) is 7.11 Å². The topological polar surface area (TPSA) is 71.1 Å². The number of rotatable bonds is 7. The zero-order valence-electron chi connectivity index (χ0n) is 16.7. The lowest BCUT2D eigenvalue weighted by Crippen LogP contribution is -2.29. The van der Waals surface area contributed by atoms with E-state index in [1.807, 2.05) is 59.5 Å². The Kier molecular flexibility index (Phi) is 5.89. The summed E-state index contributed by atoms with van der Waals surface area (Å²) in [6.45, 7) is 1.62. The van der Waals surface area contributed by atoms with Crippen molar-refractivity contribution in [1.29, 1.82) is 0 Å². The maximum Gasteiger partial charge on any atom is 0.222 e. The van der Waals surface area contributed by atoms with E-state index in [0.29, 0.717) is 12.3 Å². The van der Waals surface area contributed by atoms with Crippen LogP contribution in [0, 0.1) is 5.92 Å². The van der Waals surface area contributed by atoms with Crippen LogP contribution in [0.15, 0.2) is 54.6 Å². The number of nitrogens with zero attached hydrogens (tertiary/aromatic N) is 3. The quantitative estimate of drug-likeness (QED) is 0.670. The van der Waals surface area contributed by atoms with Crippen LogP contribution in [0.5, 0.6) is 5.75 Å². The van der Waals surface area contributed by atoms with Gasteiger partial charge in [0.15, 0.2) is 5.82 Å². The van der Waals surface area contributed by atoms with Gasteiger partial charge in [0.1, 0.15) is 11.6 Å². The highest BCUT2D eigenvalue weighted by Crippen LogP contribution is 2.22. The lowest BCUT2D eigenvalue weighted by atomic mass is 10.0. The molecule has 1 aromatic heterocycles. The zero-order chi connectivity index (χ0) is 20.1. The number of carbonyl (C=O) groups excluding carboxylic acids is 1. The van der Waals surface area contributed by atoms with Crippen molar-refractivity contribution in [2.75, 3.05) is 20.2 Å². The van der Waals surface area contributed by atoms with Crippen molar-refractivity contribution in [2.45, 2.75) is 25.7 Å². The van der Waals surface area contributed by atoms with E-state index >= 15 is 0 Å². The second-order valence-corrected chi connectivity index (χ2v) is 7.52. The highest BCUT2D eigenvalue weighted by Gasteiger charge is 2.27. The average molecular weight is 390 g/mol. The summed E-state index contributed by atoms with van der Waals surface area (Å²) >= 11 is 0. The third kappa shape index (κ3) is 4.83. The number of likely N-dealkylation sites (tertiary alicyclic amines) is 1. The second-order valence-electron chi connectivity index (χ2n) is 7.52. The van der Waals surface area contributed by atoms with E-state index in [4.69, 9.17) is 4.74 Å². The summed E-state index contributed by atoms with van der Waals surface area (Å²) in [6, 6.07) is 17.9. The van der Waals surface area contributed by atoms with E-state index < -0.39 is 0 Å². The maximum absolute atomic E-state index is 12.6. The number of carbonyl (C=O) groups is 1. The predicted molar refractivity (Wildman–Crippen MR) is 112 cm³/mol. The molecule has 29 heavy (non-hydrogen) atoms. The molecule has 1 unspecified atom stereocenters. The van der Waals surface area contributed by atoms with E-state index in [1.165, 1.54) is 0 Å². The molecule has 0 spiro atoms. The standard InChI is InChI=1S/C23H26N4O2/c1-29-20-10-7-17(8-11-20)9-12-22(28)27-14-13-18(16-27)15-21-24-23(26-25-21)19-5-3-2-4-6-19/h2-8,10-11,18H,9,12-16H2,1H3,(H,24,25,26). The summed E-state index contributed by atoms with van der Waals surface area (Å²) in [5.41, 5.74) is 2.17. The van der Waals surface area contributed by atoms with Gasteiger partial charge in [-0.2, -0.15) is 5.10 Å². The molecule has 6 heteroatoms. The summed E-state index contributed by atoms with van der Waals surface area (Å²) in [7, 11) is 1.66. The van der Waals surface area contributed by atoms with E-state index in [2.05, 4.69) is 15.2 Å². The van der Waals surface area contributed by atoms with Gasteiger partial charge in [0, 0.05) is 31.5 Å². The van der Waals surface area contributed by atoms with Crippen LogP contribution < -0.4 is 4.74 Å². The third-order valence-corrected chi connectivity index (χ3v) is 5.47. The van der Waals surface area contributed by atoms with Crippen LogP contribution in [0.2, 0.25) is 0 Å². The van der Waals surface area contributed by atoms with Gasteiger partial charge in [-0.05, 0) is 36.5 Å². The zero-order valence-corrected chi connectivity index (χ0v) is 16.7. The van der Waals surface area contributed by atoms with Crippen LogP contribution in [0.3, 0.4) is 0 Å². The number of hydrogen-bond donors (Lipinski definition) is 1. The van der Waals surface area contributed by atoms with Crippen molar-refractivity contribution in [1.82, 2.24) is 20.1 Å². The fraction of sp³-hybridized carbons (Fsp3) is 0.348. The van der Waals surface area contributed by atoms with Crippen molar-refractivity contribution >= 4 is 5.91 Å². The molecule has 1 aliphatic rings. The number of H-pyrrole nitrogens is 1. The molecular weight excluding hydrogens is 364 g/mol. The summed E-state index contributed by atoms with van der Waals surface area (Å²) in [6.07, 6.45) is 3.13. The van der Waals surface area contributed by atoms with Gasteiger partial charge in [-0.15, -0.1) is 0 Å². The number of methoxy groups -OCH3 is 1. The van der Waals surface area contributed by atoms with Crippen LogP contribution in [0.25, 0.3) is 11.4 Å². The highest BCUT2D eigenvalue weighted by atomic mass is 16.5. The molecule has 1 atom stereocenters. The number of nitrogens with one attached hydrogen (secondary N) is 1. The lowest BCUT2D eigenvalue weighted by molar-refractivity contribution is -0.130. The second kappa shape index (κ2) is 8.90. The third-order valence-electron chi connectivity index (χ3n) is 5.47. The van der Waals surface area contributed by atoms with Gasteiger partial charge in [-0.25, -0.2) is 4.98 Å². The number of benzene rings is 2. The Bertz CT molecular complexity index is 937. The monoisotopic (exact) mass is 390 g/mol. The number of aromatic amines is 1. The number of hydrogen-bond acceptors (Lipinski definition) is 4. The smallest absolute Gasteiger partial charge is 0.222 e. The van der Waals surface area contributed by atoms with Crippen molar-refractivity contribution in [3.8, 4) is 17.1 Å². The Hall–Kier alpha value is -3.15. The Morgan fingerprint density at radius 2 is 1.97 bits per heavy atom. The molecule has 1 N–H and O–H groups in total. The van der Waals surface area contributed by atoms with Crippen LogP contribution in [0.1, 0.15) is 24.2 Å². The molecule has 0 aliphatic carbocycles. The molecule has 0 saturated carbocycles. The number of ether oxygens (including phenoxy) is 1. The van der Waals surface area contributed by atoms with Gasteiger partial charge in [-0.1, -0.05) is 42.5 Å². The molecule has 1 aliphatic heterocycles. The summed E-state index contributed by atoms with van der Waals surface area (Å²) in [5, 5.41) is 7.39. The fourth-order valence-electron chi connectivity index (χ4n) is 3.80. The molecule has 1 saturated heterocycles. The number of aryl methyl sites for hydroxylation is 1. The highest BCUT2D eigenvalue weighted by molar-refractivity contribution is 5.76.